The maximum Gasteiger partial charge on any atom is 0.320 e. The van der Waals surface area contributed by atoms with E-state index in [4.69, 9.17) is 6.42 Å². The van der Waals surface area contributed by atoms with Gasteiger partial charge in [0.15, 0.2) is 0 Å². The summed E-state index contributed by atoms with van der Waals surface area (Å²) in [6.45, 7) is -0.173. The van der Waals surface area contributed by atoms with Crippen molar-refractivity contribution < 1.29 is 9.59 Å². The van der Waals surface area contributed by atoms with E-state index in [1.807, 2.05) is 30.3 Å². The first-order chi connectivity index (χ1) is 14.6. The Morgan fingerprint density at radius 3 is 2.70 bits per heavy atom. The molecule has 2 aromatic carbocycles. The zero-order valence-corrected chi connectivity index (χ0v) is 16.3. The molecule has 1 aliphatic carbocycles. The number of carbonyl (C=O) groups is 2. The van der Waals surface area contributed by atoms with Crippen LogP contribution in [0, 0.1) is 12.3 Å². The van der Waals surface area contributed by atoms with Crippen LogP contribution >= 0.6 is 0 Å². The largest absolute Gasteiger partial charge is 0.329 e. The van der Waals surface area contributed by atoms with Gasteiger partial charge in [-0.1, -0.05) is 30.2 Å². The van der Waals surface area contributed by atoms with Crippen LogP contribution in [0.3, 0.4) is 0 Å². The molecule has 0 radical (unpaired) electrons. The van der Waals surface area contributed by atoms with Crippen molar-refractivity contribution in [3.63, 3.8) is 0 Å². The first-order valence-electron chi connectivity index (χ1n) is 9.71. The molecule has 3 amide bonds. The second kappa shape index (κ2) is 8.53. The van der Waals surface area contributed by atoms with Gasteiger partial charge in [0.2, 0.25) is 5.91 Å². The van der Waals surface area contributed by atoms with E-state index < -0.39 is 6.03 Å². The number of hydrogen-bond acceptors (Lipinski definition) is 3. The van der Waals surface area contributed by atoms with Crippen molar-refractivity contribution in [2.45, 2.75) is 19.3 Å². The van der Waals surface area contributed by atoms with Crippen molar-refractivity contribution in [3.8, 4) is 18.0 Å². The number of nitrogens with one attached hydrogen (secondary N) is 3. The number of para-hydroxylation sites is 1. The monoisotopic (exact) mass is 399 g/mol. The molecule has 0 saturated carbocycles. The molecule has 0 fully saturated rings. The van der Waals surface area contributed by atoms with Crippen molar-refractivity contribution in [1.82, 2.24) is 15.1 Å². The summed E-state index contributed by atoms with van der Waals surface area (Å²) in [5.41, 5.74) is 4.16. The highest BCUT2D eigenvalue weighted by molar-refractivity contribution is 5.97. The zero-order chi connectivity index (χ0) is 20.9. The minimum absolute atomic E-state index is 0.173. The summed E-state index contributed by atoms with van der Waals surface area (Å²) in [5, 5.41) is 12.8. The van der Waals surface area contributed by atoms with Crippen molar-refractivity contribution in [1.29, 1.82) is 0 Å². The van der Waals surface area contributed by atoms with E-state index in [1.54, 1.807) is 28.9 Å². The lowest BCUT2D eigenvalue weighted by Gasteiger charge is -2.12. The minimum Gasteiger partial charge on any atom is -0.329 e. The summed E-state index contributed by atoms with van der Waals surface area (Å²) < 4.78 is 1.74. The van der Waals surface area contributed by atoms with Gasteiger partial charge in [0.25, 0.3) is 0 Å². The third-order valence-corrected chi connectivity index (χ3v) is 4.86. The predicted octanol–water partition coefficient (Wildman–Crippen LogP) is 3.10. The molecule has 4 rings (SSSR count). The summed E-state index contributed by atoms with van der Waals surface area (Å²) in [6, 6.07) is 16.1. The first kappa shape index (κ1) is 19.3. The Morgan fingerprint density at radius 2 is 1.90 bits per heavy atom. The molecule has 150 valence electrons. The molecule has 3 N–H and O–H groups in total. The van der Waals surface area contributed by atoms with Crippen molar-refractivity contribution in [2.24, 2.45) is 0 Å². The Labute approximate surface area is 174 Å². The smallest absolute Gasteiger partial charge is 0.320 e. The quantitative estimate of drug-likeness (QED) is 0.576. The van der Waals surface area contributed by atoms with Crippen molar-refractivity contribution in [3.05, 3.63) is 71.4 Å². The van der Waals surface area contributed by atoms with E-state index in [1.165, 1.54) is 0 Å². The number of aromatic nitrogens is 2. The van der Waals surface area contributed by atoms with Crippen LogP contribution in [-0.2, 0) is 17.6 Å². The SMILES string of the molecule is C#Cc1cccc(NC(=O)CNC(=O)Nc2c3c(nn2-c2ccccc2)CCC3)c1. The van der Waals surface area contributed by atoms with Gasteiger partial charge in [-0.25, -0.2) is 9.48 Å². The second-order valence-electron chi connectivity index (χ2n) is 6.96. The molecule has 1 heterocycles. The fourth-order valence-electron chi connectivity index (χ4n) is 3.48. The lowest BCUT2D eigenvalue weighted by molar-refractivity contribution is -0.115. The summed E-state index contributed by atoms with van der Waals surface area (Å²) in [7, 11) is 0. The number of anilines is 2. The lowest BCUT2D eigenvalue weighted by Crippen LogP contribution is -2.36. The maximum absolute atomic E-state index is 12.5. The third kappa shape index (κ3) is 4.18. The van der Waals surface area contributed by atoms with Crippen molar-refractivity contribution >= 4 is 23.4 Å². The van der Waals surface area contributed by atoms with Gasteiger partial charge in [-0.2, -0.15) is 5.10 Å². The van der Waals surface area contributed by atoms with Crippen LogP contribution in [0.2, 0.25) is 0 Å². The van der Waals surface area contributed by atoms with E-state index >= 15 is 0 Å². The average molecular weight is 399 g/mol. The number of hydrogen-bond donors (Lipinski definition) is 3. The lowest BCUT2D eigenvalue weighted by atomic mass is 10.2. The number of aryl methyl sites for hydroxylation is 1. The van der Waals surface area contributed by atoms with E-state index in [9.17, 15) is 9.59 Å². The fourth-order valence-corrected chi connectivity index (χ4v) is 3.48. The number of carbonyl (C=O) groups excluding carboxylic acids is 2. The molecule has 0 atom stereocenters. The Balaban J connectivity index is 1.41. The summed E-state index contributed by atoms with van der Waals surface area (Å²) in [5.74, 6) is 2.82. The summed E-state index contributed by atoms with van der Waals surface area (Å²) in [4.78, 5) is 24.7. The van der Waals surface area contributed by atoms with Gasteiger partial charge in [-0.15, -0.1) is 6.42 Å². The average Bonchev–Trinajstić information content (AvgIpc) is 3.36. The predicted molar refractivity (Wildman–Crippen MR) is 116 cm³/mol. The molecule has 0 unspecified atom stereocenters. The van der Waals surface area contributed by atoms with Crippen LogP contribution in [-0.4, -0.2) is 28.3 Å². The third-order valence-electron chi connectivity index (χ3n) is 4.86. The van der Waals surface area contributed by atoms with Crippen LogP contribution < -0.4 is 16.0 Å². The van der Waals surface area contributed by atoms with E-state index in [2.05, 4.69) is 27.0 Å². The molecule has 3 aromatic rings. The number of benzene rings is 2. The highest BCUT2D eigenvalue weighted by Gasteiger charge is 2.24. The topological polar surface area (TPSA) is 88.1 Å². The Morgan fingerprint density at radius 1 is 1.07 bits per heavy atom. The summed E-state index contributed by atoms with van der Waals surface area (Å²) in [6.07, 6.45) is 8.15. The normalized spacial score (nSPS) is 12.0. The molecule has 0 bridgehead atoms. The van der Waals surface area contributed by atoms with Crippen molar-refractivity contribution in [2.75, 3.05) is 17.2 Å². The molecule has 30 heavy (non-hydrogen) atoms. The van der Waals surface area contributed by atoms with Gasteiger partial charge in [-0.3, -0.25) is 10.1 Å². The highest BCUT2D eigenvalue weighted by Crippen LogP contribution is 2.30. The van der Waals surface area contributed by atoms with Gasteiger partial charge >= 0.3 is 6.03 Å². The highest BCUT2D eigenvalue weighted by atomic mass is 16.2. The van der Waals surface area contributed by atoms with Gasteiger partial charge in [0.1, 0.15) is 5.82 Å². The molecule has 7 heteroatoms. The maximum atomic E-state index is 12.5. The molecule has 0 saturated heterocycles. The molecular formula is C23H21N5O2. The Kier molecular flexibility index (Phi) is 5.48. The summed E-state index contributed by atoms with van der Waals surface area (Å²) >= 11 is 0. The van der Waals surface area contributed by atoms with E-state index in [0.29, 0.717) is 17.1 Å². The second-order valence-corrected chi connectivity index (χ2v) is 6.96. The van der Waals surface area contributed by atoms with Gasteiger partial charge in [0, 0.05) is 16.8 Å². The van der Waals surface area contributed by atoms with Gasteiger partial charge < -0.3 is 10.6 Å². The van der Waals surface area contributed by atoms with Gasteiger partial charge in [0.05, 0.1) is 17.9 Å². The first-order valence-corrected chi connectivity index (χ1v) is 9.71. The number of amides is 3. The Hall–Kier alpha value is -4.05. The van der Waals surface area contributed by atoms with E-state index in [-0.39, 0.29) is 12.5 Å². The van der Waals surface area contributed by atoms with Crippen LogP contribution in [0.4, 0.5) is 16.3 Å². The van der Waals surface area contributed by atoms with Gasteiger partial charge in [-0.05, 0) is 49.6 Å². The number of urea groups is 1. The number of rotatable bonds is 5. The number of terminal acetylenes is 1. The molecule has 1 aromatic heterocycles. The number of fused-ring (bicyclic) bond motifs is 1. The fraction of sp³-hybridized carbons (Fsp3) is 0.174. The molecule has 0 spiro atoms. The van der Waals surface area contributed by atoms with Crippen LogP contribution in [0.15, 0.2) is 54.6 Å². The molecule has 7 nitrogen and oxygen atoms in total. The van der Waals surface area contributed by atoms with Crippen LogP contribution in [0.1, 0.15) is 23.2 Å². The zero-order valence-electron chi connectivity index (χ0n) is 16.3. The molecule has 0 aliphatic heterocycles. The molecule has 1 aliphatic rings. The standard InChI is InChI=1S/C23H21N5O2/c1-2-16-8-6-9-17(14-16)25-21(29)15-24-23(30)26-22-19-12-7-13-20(19)27-28(22)18-10-4-3-5-11-18/h1,3-6,8-11,14H,7,12-13,15H2,(H,25,29)(H2,24,26,30). The minimum atomic E-state index is -0.464. The van der Waals surface area contributed by atoms with Crippen LogP contribution in [0.5, 0.6) is 0 Å². The number of nitrogens with zero attached hydrogens (tertiary/aromatic N) is 2. The Bertz CT molecular complexity index is 1130. The van der Waals surface area contributed by atoms with E-state index in [0.717, 1.165) is 36.2 Å². The molecular weight excluding hydrogens is 378 g/mol. The van der Waals surface area contributed by atoms with Crippen LogP contribution in [0.25, 0.3) is 5.69 Å².